The van der Waals surface area contributed by atoms with Crippen LogP contribution >= 0.6 is 11.3 Å². The number of rotatable bonds is 8. The van der Waals surface area contributed by atoms with Crippen LogP contribution in [0.25, 0.3) is 0 Å². The molecule has 128 valence electrons. The number of carboxylic acids is 1. The number of aryl methyl sites for hydroxylation is 2. The minimum absolute atomic E-state index is 0.0658. The second-order valence-electron chi connectivity index (χ2n) is 5.55. The van der Waals surface area contributed by atoms with Crippen molar-refractivity contribution < 1.29 is 19.4 Å². The molecule has 1 aromatic heterocycles. The van der Waals surface area contributed by atoms with Gasteiger partial charge in [-0.1, -0.05) is 6.07 Å². The summed E-state index contributed by atoms with van der Waals surface area (Å²) in [6, 6.07) is 9.21. The van der Waals surface area contributed by atoms with Gasteiger partial charge >= 0.3 is 5.97 Å². The van der Waals surface area contributed by atoms with Gasteiger partial charge in [-0.15, -0.1) is 11.3 Å². The molecule has 0 aliphatic rings. The lowest BCUT2D eigenvalue weighted by Gasteiger charge is -2.08. The molecule has 0 aliphatic carbocycles. The highest BCUT2D eigenvalue weighted by Crippen LogP contribution is 2.17. The normalized spacial score (nSPS) is 10.4. The summed E-state index contributed by atoms with van der Waals surface area (Å²) in [6.07, 6.45) is 1.01. The first-order valence-corrected chi connectivity index (χ1v) is 8.56. The number of ether oxygens (including phenoxy) is 1. The average Bonchev–Trinajstić information content (AvgIpc) is 3.02. The maximum atomic E-state index is 11.8. The first-order valence-electron chi connectivity index (χ1n) is 7.74. The molecule has 5 nitrogen and oxygen atoms in total. The first-order chi connectivity index (χ1) is 11.5. The van der Waals surface area contributed by atoms with Gasteiger partial charge in [0.25, 0.3) is 0 Å². The molecule has 1 aromatic carbocycles. The minimum Gasteiger partial charge on any atom is -0.494 e. The number of nitrogens with one attached hydrogen (secondary N) is 1. The lowest BCUT2D eigenvalue weighted by molar-refractivity contribution is -0.121. The number of amides is 1. The molecular weight excluding hydrogens is 326 g/mol. The zero-order valence-corrected chi connectivity index (χ0v) is 14.6. The summed E-state index contributed by atoms with van der Waals surface area (Å²) in [5.74, 6) is -0.191. The fourth-order valence-electron chi connectivity index (χ4n) is 2.09. The molecule has 0 unspecified atom stereocenters. The van der Waals surface area contributed by atoms with E-state index in [1.165, 1.54) is 22.5 Å². The van der Waals surface area contributed by atoms with Gasteiger partial charge in [-0.05, 0) is 55.7 Å². The molecule has 0 aliphatic heterocycles. The molecular formula is C18H21NO4S. The van der Waals surface area contributed by atoms with E-state index in [1.54, 1.807) is 12.1 Å². The smallest absolute Gasteiger partial charge is 0.345 e. The lowest BCUT2D eigenvalue weighted by atomic mass is 10.1. The van der Waals surface area contributed by atoms with Crippen LogP contribution < -0.4 is 10.1 Å². The molecule has 0 spiro atoms. The zero-order chi connectivity index (χ0) is 17.5. The summed E-state index contributed by atoms with van der Waals surface area (Å²) in [5.41, 5.74) is 2.41. The van der Waals surface area contributed by atoms with Gasteiger partial charge in [0.05, 0.1) is 13.2 Å². The summed E-state index contributed by atoms with van der Waals surface area (Å²) in [5, 5.41) is 11.6. The van der Waals surface area contributed by atoms with E-state index in [-0.39, 0.29) is 10.8 Å². The van der Waals surface area contributed by atoms with Crippen LogP contribution in [0.5, 0.6) is 5.75 Å². The number of carbonyl (C=O) groups is 2. The van der Waals surface area contributed by atoms with Gasteiger partial charge in [0.15, 0.2) is 0 Å². The van der Waals surface area contributed by atoms with Crippen LogP contribution in [0.15, 0.2) is 30.3 Å². The fraction of sp³-hybridized carbons (Fsp3) is 0.333. The van der Waals surface area contributed by atoms with E-state index in [0.29, 0.717) is 26.0 Å². The third-order valence-electron chi connectivity index (χ3n) is 3.63. The number of aromatic carboxylic acids is 1. The van der Waals surface area contributed by atoms with Crippen LogP contribution in [-0.4, -0.2) is 23.6 Å². The number of thiophene rings is 1. The van der Waals surface area contributed by atoms with Crippen molar-refractivity contribution in [3.63, 3.8) is 0 Å². The summed E-state index contributed by atoms with van der Waals surface area (Å²) in [7, 11) is 0. The number of benzene rings is 1. The van der Waals surface area contributed by atoms with Gasteiger partial charge in [0.2, 0.25) is 5.91 Å². The zero-order valence-electron chi connectivity index (χ0n) is 13.8. The van der Waals surface area contributed by atoms with Crippen LogP contribution in [0.3, 0.4) is 0 Å². The predicted molar refractivity (Wildman–Crippen MR) is 93.8 cm³/mol. The van der Waals surface area contributed by atoms with Gasteiger partial charge in [0, 0.05) is 11.3 Å². The second-order valence-corrected chi connectivity index (χ2v) is 6.71. The van der Waals surface area contributed by atoms with Crippen LogP contribution in [0.4, 0.5) is 0 Å². The van der Waals surface area contributed by atoms with Crippen molar-refractivity contribution in [3.8, 4) is 5.75 Å². The molecule has 2 N–H and O–H groups in total. The molecule has 0 saturated heterocycles. The van der Waals surface area contributed by atoms with Crippen LogP contribution in [0.1, 0.15) is 38.5 Å². The topological polar surface area (TPSA) is 75.6 Å². The third-order valence-corrected chi connectivity index (χ3v) is 4.70. The van der Waals surface area contributed by atoms with Crippen molar-refractivity contribution in [2.24, 2.45) is 0 Å². The molecule has 2 aromatic rings. The van der Waals surface area contributed by atoms with Gasteiger partial charge in [-0.25, -0.2) is 4.79 Å². The van der Waals surface area contributed by atoms with E-state index in [2.05, 4.69) is 12.2 Å². The van der Waals surface area contributed by atoms with E-state index < -0.39 is 5.97 Å². The van der Waals surface area contributed by atoms with Crippen molar-refractivity contribution in [2.45, 2.75) is 33.2 Å². The SMILES string of the molecule is Cc1ccc(OCCCC(=O)NCc2ccc(C(=O)O)s2)cc1C. The molecule has 24 heavy (non-hydrogen) atoms. The van der Waals surface area contributed by atoms with Gasteiger partial charge in [0.1, 0.15) is 10.6 Å². The molecule has 0 bridgehead atoms. The highest BCUT2D eigenvalue weighted by atomic mass is 32.1. The van der Waals surface area contributed by atoms with Crippen molar-refractivity contribution in [2.75, 3.05) is 6.61 Å². The van der Waals surface area contributed by atoms with Gasteiger partial charge in [-0.3, -0.25) is 4.79 Å². The quantitative estimate of drug-likeness (QED) is 0.716. The Morgan fingerprint density at radius 3 is 2.62 bits per heavy atom. The maximum absolute atomic E-state index is 11.8. The standard InChI is InChI=1S/C18H21NO4S/c1-12-5-6-14(10-13(12)2)23-9-3-4-17(20)19-11-15-7-8-16(24-15)18(21)22/h5-8,10H,3-4,9,11H2,1-2H3,(H,19,20)(H,21,22). The lowest BCUT2D eigenvalue weighted by Crippen LogP contribution is -2.22. The van der Waals surface area contributed by atoms with Crippen molar-refractivity contribution >= 4 is 23.2 Å². The summed E-state index contributed by atoms with van der Waals surface area (Å²) in [6.45, 7) is 4.93. The van der Waals surface area contributed by atoms with Crippen LogP contribution in [0.2, 0.25) is 0 Å². The monoisotopic (exact) mass is 347 g/mol. The number of carboxylic acid groups (broad SMARTS) is 1. The Balaban J connectivity index is 1.65. The van der Waals surface area contributed by atoms with E-state index >= 15 is 0 Å². The summed E-state index contributed by atoms with van der Waals surface area (Å²) >= 11 is 1.17. The highest BCUT2D eigenvalue weighted by molar-refractivity contribution is 7.13. The highest BCUT2D eigenvalue weighted by Gasteiger charge is 2.08. The number of hydrogen-bond donors (Lipinski definition) is 2. The molecule has 0 fully saturated rings. The number of hydrogen-bond acceptors (Lipinski definition) is 4. The van der Waals surface area contributed by atoms with E-state index in [4.69, 9.17) is 9.84 Å². The largest absolute Gasteiger partial charge is 0.494 e. The van der Waals surface area contributed by atoms with Crippen LogP contribution in [-0.2, 0) is 11.3 Å². The van der Waals surface area contributed by atoms with Gasteiger partial charge < -0.3 is 15.2 Å². The van der Waals surface area contributed by atoms with Crippen LogP contribution in [0, 0.1) is 13.8 Å². The average molecular weight is 347 g/mol. The number of carbonyl (C=O) groups excluding carboxylic acids is 1. The molecule has 0 atom stereocenters. The Labute approximate surface area is 145 Å². The molecule has 1 amide bonds. The predicted octanol–water partition coefficient (Wildman–Crippen LogP) is 3.54. The summed E-state index contributed by atoms with van der Waals surface area (Å²) < 4.78 is 5.64. The Morgan fingerprint density at radius 1 is 1.17 bits per heavy atom. The third kappa shape index (κ3) is 5.38. The fourth-order valence-corrected chi connectivity index (χ4v) is 2.87. The Hall–Kier alpha value is -2.34. The molecule has 6 heteroatoms. The first kappa shape index (κ1) is 18.0. The van der Waals surface area contributed by atoms with Gasteiger partial charge in [-0.2, -0.15) is 0 Å². The van der Waals surface area contributed by atoms with Crippen molar-refractivity contribution in [1.82, 2.24) is 5.32 Å². The van der Waals surface area contributed by atoms with E-state index in [1.807, 2.05) is 25.1 Å². The molecule has 0 radical (unpaired) electrons. The second kappa shape index (κ2) is 8.49. The minimum atomic E-state index is -0.943. The Morgan fingerprint density at radius 2 is 1.96 bits per heavy atom. The Bertz CT molecular complexity index is 724. The molecule has 2 rings (SSSR count). The van der Waals surface area contributed by atoms with E-state index in [0.717, 1.165) is 10.6 Å². The van der Waals surface area contributed by atoms with Crippen molar-refractivity contribution in [1.29, 1.82) is 0 Å². The summed E-state index contributed by atoms with van der Waals surface area (Å²) in [4.78, 5) is 23.7. The Kier molecular flexibility index (Phi) is 6.37. The maximum Gasteiger partial charge on any atom is 0.345 e. The molecule has 1 heterocycles. The van der Waals surface area contributed by atoms with E-state index in [9.17, 15) is 9.59 Å². The van der Waals surface area contributed by atoms with Crippen molar-refractivity contribution in [3.05, 3.63) is 51.2 Å². The molecule has 0 saturated carbocycles.